The van der Waals surface area contributed by atoms with Gasteiger partial charge in [0.15, 0.2) is 5.76 Å². The number of morpholine rings is 1. The molecule has 5 rings (SSSR count). The summed E-state index contributed by atoms with van der Waals surface area (Å²) >= 11 is 0. The fourth-order valence-electron chi connectivity index (χ4n) is 5.08. The molecule has 2 aliphatic rings. The van der Waals surface area contributed by atoms with Crippen molar-refractivity contribution in [2.45, 2.75) is 26.3 Å². The van der Waals surface area contributed by atoms with E-state index in [1.54, 1.807) is 12.1 Å². The molecule has 188 valence electrons. The van der Waals surface area contributed by atoms with Gasteiger partial charge in [-0.05, 0) is 49.6 Å². The van der Waals surface area contributed by atoms with Gasteiger partial charge in [0.1, 0.15) is 17.1 Å². The molecule has 0 radical (unpaired) electrons. The van der Waals surface area contributed by atoms with E-state index in [1.165, 1.54) is 17.0 Å². The number of aliphatic hydroxyl groups is 1. The van der Waals surface area contributed by atoms with Crippen LogP contribution in [0.3, 0.4) is 0 Å². The predicted octanol–water partition coefficient (Wildman–Crippen LogP) is 2.80. The number of amides is 1. The first kappa shape index (κ1) is 24.0. The van der Waals surface area contributed by atoms with Crippen molar-refractivity contribution in [3.63, 3.8) is 0 Å². The molecule has 3 aromatic rings. The summed E-state index contributed by atoms with van der Waals surface area (Å²) < 4.78 is 7.26. The van der Waals surface area contributed by atoms with Crippen molar-refractivity contribution in [3.05, 3.63) is 70.7 Å². The van der Waals surface area contributed by atoms with Crippen LogP contribution in [0.5, 0.6) is 5.75 Å². The Morgan fingerprint density at radius 2 is 1.81 bits per heavy atom. The van der Waals surface area contributed by atoms with Gasteiger partial charge in [-0.2, -0.15) is 0 Å². The number of aromatic nitrogens is 2. The van der Waals surface area contributed by atoms with E-state index >= 15 is 0 Å². The Hall–Kier alpha value is -3.69. The zero-order valence-corrected chi connectivity index (χ0v) is 20.5. The van der Waals surface area contributed by atoms with Gasteiger partial charge in [-0.25, -0.2) is 4.98 Å². The minimum atomic E-state index is -0.777. The standard InChI is InChI=1S/C27H30N4O5/c1-17-5-3-11-30-18(2)22(28-26(17)30)24(33)21-23(19-6-8-20(32)9-7-19)31(27(35)25(21)34)12-4-10-29-13-15-36-16-14-29/h3,5-9,11,23,32-33H,4,10,12-16H2,1-2H3. The number of phenols is 1. The monoisotopic (exact) mass is 490 g/mol. The number of carbonyl (C=O) groups excluding carboxylic acids is 2. The number of aromatic hydroxyl groups is 1. The first-order valence-corrected chi connectivity index (χ1v) is 12.2. The second kappa shape index (κ2) is 9.75. The molecule has 0 bridgehead atoms. The highest BCUT2D eigenvalue weighted by Crippen LogP contribution is 2.40. The summed E-state index contributed by atoms with van der Waals surface area (Å²) in [6.07, 6.45) is 2.53. The first-order valence-electron chi connectivity index (χ1n) is 12.2. The van der Waals surface area contributed by atoms with E-state index < -0.39 is 17.7 Å². The van der Waals surface area contributed by atoms with Crippen LogP contribution in [0, 0.1) is 13.8 Å². The second-order valence-electron chi connectivity index (χ2n) is 9.32. The number of likely N-dealkylation sites (tertiary alicyclic amines) is 1. The number of phenolic OH excluding ortho intramolecular Hbond substituents is 1. The molecule has 1 atom stereocenters. The van der Waals surface area contributed by atoms with Gasteiger partial charge in [0.25, 0.3) is 11.7 Å². The maximum atomic E-state index is 13.3. The molecular weight excluding hydrogens is 460 g/mol. The molecule has 2 aromatic heterocycles. The van der Waals surface area contributed by atoms with Crippen LogP contribution in [0.1, 0.15) is 35.0 Å². The number of carbonyl (C=O) groups is 2. The lowest BCUT2D eigenvalue weighted by Crippen LogP contribution is -2.38. The molecule has 0 saturated carbocycles. The Morgan fingerprint density at radius 3 is 2.50 bits per heavy atom. The van der Waals surface area contributed by atoms with E-state index in [0.29, 0.717) is 43.1 Å². The predicted molar refractivity (Wildman–Crippen MR) is 134 cm³/mol. The summed E-state index contributed by atoms with van der Waals surface area (Å²) in [6, 6.07) is 9.43. The van der Waals surface area contributed by atoms with Gasteiger partial charge in [-0.1, -0.05) is 18.2 Å². The van der Waals surface area contributed by atoms with Crippen LogP contribution >= 0.6 is 0 Å². The fourth-order valence-corrected chi connectivity index (χ4v) is 5.08. The number of hydrogen-bond donors (Lipinski definition) is 2. The van der Waals surface area contributed by atoms with Crippen molar-refractivity contribution >= 4 is 23.1 Å². The third-order valence-corrected chi connectivity index (χ3v) is 7.03. The average Bonchev–Trinajstić information content (AvgIpc) is 3.35. The topological polar surface area (TPSA) is 108 Å². The first-order chi connectivity index (χ1) is 17.4. The van der Waals surface area contributed by atoms with Crippen LogP contribution in [0.15, 0.2) is 48.2 Å². The zero-order chi connectivity index (χ0) is 25.4. The Labute approximate surface area is 209 Å². The van der Waals surface area contributed by atoms with Crippen molar-refractivity contribution in [2.75, 3.05) is 39.4 Å². The van der Waals surface area contributed by atoms with E-state index in [9.17, 15) is 19.8 Å². The third kappa shape index (κ3) is 4.25. The van der Waals surface area contributed by atoms with E-state index in [-0.39, 0.29) is 22.8 Å². The second-order valence-corrected chi connectivity index (χ2v) is 9.32. The number of benzene rings is 1. The molecule has 1 amide bonds. The molecule has 2 saturated heterocycles. The smallest absolute Gasteiger partial charge is 0.295 e. The molecule has 2 fully saturated rings. The van der Waals surface area contributed by atoms with Gasteiger partial charge in [0, 0.05) is 32.4 Å². The zero-order valence-electron chi connectivity index (χ0n) is 20.5. The van der Waals surface area contributed by atoms with Gasteiger partial charge in [0.2, 0.25) is 0 Å². The normalized spacial score (nSPS) is 20.5. The summed E-state index contributed by atoms with van der Waals surface area (Å²) in [6.45, 7) is 7.94. The Bertz CT molecular complexity index is 1340. The average molecular weight is 491 g/mol. The molecule has 1 aromatic carbocycles. The quantitative estimate of drug-likeness (QED) is 0.311. The van der Waals surface area contributed by atoms with Gasteiger partial charge < -0.3 is 24.3 Å². The van der Waals surface area contributed by atoms with E-state index in [0.717, 1.165) is 25.2 Å². The molecule has 9 nitrogen and oxygen atoms in total. The lowest BCUT2D eigenvalue weighted by Gasteiger charge is -2.29. The minimum absolute atomic E-state index is 0.0150. The summed E-state index contributed by atoms with van der Waals surface area (Å²) in [4.78, 5) is 35.0. The molecule has 9 heteroatoms. The molecule has 2 N–H and O–H groups in total. The molecule has 36 heavy (non-hydrogen) atoms. The van der Waals surface area contributed by atoms with Gasteiger partial charge in [-0.15, -0.1) is 0 Å². The van der Waals surface area contributed by atoms with Crippen LogP contribution < -0.4 is 0 Å². The lowest BCUT2D eigenvalue weighted by atomic mass is 9.96. The number of hydrogen-bond acceptors (Lipinski definition) is 7. The number of aliphatic hydroxyl groups excluding tert-OH is 1. The Balaban J connectivity index is 1.54. The highest BCUT2D eigenvalue weighted by atomic mass is 16.5. The number of aryl methyl sites for hydroxylation is 2. The number of ketones is 1. The Kier molecular flexibility index (Phi) is 6.51. The van der Waals surface area contributed by atoms with E-state index in [4.69, 9.17) is 4.74 Å². The summed E-state index contributed by atoms with van der Waals surface area (Å²) in [5.41, 5.74) is 3.21. The maximum absolute atomic E-state index is 13.3. The SMILES string of the molecule is Cc1cccn2c(C)c(C(O)=C3C(=O)C(=O)N(CCCN4CCOCC4)C3c3ccc(O)cc3)nc12. The minimum Gasteiger partial charge on any atom is -0.508 e. The van der Waals surface area contributed by atoms with Crippen molar-refractivity contribution in [1.82, 2.24) is 19.2 Å². The lowest BCUT2D eigenvalue weighted by molar-refractivity contribution is -0.140. The van der Waals surface area contributed by atoms with Gasteiger partial charge in [-0.3, -0.25) is 14.5 Å². The number of fused-ring (bicyclic) bond motifs is 1. The van der Waals surface area contributed by atoms with Gasteiger partial charge >= 0.3 is 0 Å². The fraction of sp³-hybridized carbons (Fsp3) is 0.370. The largest absolute Gasteiger partial charge is 0.508 e. The van der Waals surface area contributed by atoms with E-state index in [2.05, 4.69) is 9.88 Å². The number of ether oxygens (including phenoxy) is 1. The molecular formula is C27H30N4O5. The number of nitrogens with zero attached hydrogens (tertiary/aromatic N) is 4. The number of pyridine rings is 1. The van der Waals surface area contributed by atoms with Gasteiger partial charge in [0.05, 0.1) is 30.5 Å². The molecule has 4 heterocycles. The molecule has 1 unspecified atom stereocenters. The van der Waals surface area contributed by atoms with Crippen molar-refractivity contribution < 1.29 is 24.5 Å². The van der Waals surface area contributed by atoms with Crippen LogP contribution in [-0.2, 0) is 14.3 Å². The molecule has 0 aliphatic carbocycles. The summed E-state index contributed by atoms with van der Waals surface area (Å²) in [5, 5.41) is 21.3. The maximum Gasteiger partial charge on any atom is 0.295 e. The van der Waals surface area contributed by atoms with Crippen molar-refractivity contribution in [1.29, 1.82) is 0 Å². The highest BCUT2D eigenvalue weighted by molar-refractivity contribution is 6.46. The Morgan fingerprint density at radius 1 is 1.08 bits per heavy atom. The molecule has 0 spiro atoms. The van der Waals surface area contributed by atoms with Crippen LogP contribution in [0.2, 0.25) is 0 Å². The van der Waals surface area contributed by atoms with Crippen LogP contribution in [0.4, 0.5) is 0 Å². The number of Topliss-reactive ketones (excluding diaryl/α,β-unsaturated/α-hetero) is 1. The molecule has 2 aliphatic heterocycles. The van der Waals surface area contributed by atoms with Crippen molar-refractivity contribution in [3.8, 4) is 5.75 Å². The number of imidazole rings is 1. The highest BCUT2D eigenvalue weighted by Gasteiger charge is 2.46. The van der Waals surface area contributed by atoms with Crippen molar-refractivity contribution in [2.24, 2.45) is 0 Å². The van der Waals surface area contributed by atoms with Crippen LogP contribution in [-0.4, -0.2) is 80.5 Å². The summed E-state index contributed by atoms with van der Waals surface area (Å²) in [7, 11) is 0. The number of rotatable bonds is 6. The third-order valence-electron chi connectivity index (χ3n) is 7.03. The van der Waals surface area contributed by atoms with E-state index in [1.807, 2.05) is 36.6 Å². The van der Waals surface area contributed by atoms with Crippen LogP contribution in [0.25, 0.3) is 11.4 Å². The summed E-state index contributed by atoms with van der Waals surface area (Å²) in [5.74, 6) is -1.59.